The molecule has 0 saturated carbocycles. The van der Waals surface area contributed by atoms with Crippen molar-refractivity contribution < 1.29 is 5.11 Å². The van der Waals surface area contributed by atoms with Gasteiger partial charge < -0.3 is 5.11 Å². The van der Waals surface area contributed by atoms with E-state index in [1.54, 1.807) is 0 Å². The van der Waals surface area contributed by atoms with Gasteiger partial charge in [0.15, 0.2) is 0 Å². The predicted molar refractivity (Wildman–Crippen MR) is 56.7 cm³/mol. The van der Waals surface area contributed by atoms with Gasteiger partial charge in [0.2, 0.25) is 0 Å². The van der Waals surface area contributed by atoms with Crippen molar-refractivity contribution in [2.24, 2.45) is 0 Å². The van der Waals surface area contributed by atoms with E-state index in [-0.39, 0.29) is 6.61 Å². The molecule has 0 fully saturated rings. The van der Waals surface area contributed by atoms with Gasteiger partial charge in [0.25, 0.3) is 0 Å². The molecule has 0 amide bonds. The van der Waals surface area contributed by atoms with Crippen molar-refractivity contribution in [1.82, 2.24) is 0 Å². The minimum atomic E-state index is 0.127. The van der Waals surface area contributed by atoms with Crippen molar-refractivity contribution in [2.45, 2.75) is 4.90 Å². The second-order valence-electron chi connectivity index (χ2n) is 2.30. The summed E-state index contributed by atoms with van der Waals surface area (Å²) in [6.45, 7) is 0.127. The molecule has 1 rings (SSSR count). The van der Waals surface area contributed by atoms with Crippen LogP contribution in [0, 0.1) is 11.3 Å². The summed E-state index contributed by atoms with van der Waals surface area (Å²) in [7, 11) is 0. The number of rotatable bonds is 3. The van der Waals surface area contributed by atoms with Crippen molar-refractivity contribution in [3.63, 3.8) is 0 Å². The molecule has 0 unspecified atom stereocenters. The number of benzene rings is 1. The molecule has 2 nitrogen and oxygen atoms in total. The first kappa shape index (κ1) is 10.6. The second-order valence-corrected chi connectivity index (χ2v) is 4.29. The first-order valence-corrected chi connectivity index (χ1v) is 5.49. The topological polar surface area (TPSA) is 44.0 Å². The van der Waals surface area contributed by atoms with Gasteiger partial charge in [-0.05, 0) is 28.1 Å². The zero-order chi connectivity index (χ0) is 9.68. The molecule has 13 heavy (non-hydrogen) atoms. The van der Waals surface area contributed by atoms with E-state index in [4.69, 9.17) is 10.4 Å². The summed E-state index contributed by atoms with van der Waals surface area (Å²) in [5, 5.41) is 17.5. The molecule has 1 aromatic carbocycles. The lowest BCUT2D eigenvalue weighted by Gasteiger charge is -2.03. The minimum Gasteiger partial charge on any atom is -0.396 e. The Hall–Kier alpha value is -0.500. The maximum Gasteiger partial charge on any atom is 0.101 e. The van der Waals surface area contributed by atoms with E-state index in [9.17, 15) is 0 Å². The van der Waals surface area contributed by atoms with Gasteiger partial charge >= 0.3 is 0 Å². The number of aliphatic hydroxyl groups excluding tert-OH is 1. The number of halogens is 1. The quantitative estimate of drug-likeness (QED) is 0.846. The van der Waals surface area contributed by atoms with E-state index >= 15 is 0 Å². The molecule has 0 aliphatic heterocycles. The Labute approximate surface area is 89.7 Å². The molecule has 0 aliphatic carbocycles. The van der Waals surface area contributed by atoms with Gasteiger partial charge in [-0.15, -0.1) is 11.8 Å². The molecule has 0 bridgehead atoms. The lowest BCUT2D eigenvalue weighted by molar-refractivity contribution is 0.322. The lowest BCUT2D eigenvalue weighted by atomic mass is 10.2. The SMILES string of the molecule is N#Cc1c(Br)cccc1SCCO. The summed E-state index contributed by atoms with van der Waals surface area (Å²) in [6.07, 6.45) is 0. The Morgan fingerprint density at radius 1 is 1.54 bits per heavy atom. The van der Waals surface area contributed by atoms with Gasteiger partial charge in [0.1, 0.15) is 6.07 Å². The first-order valence-electron chi connectivity index (χ1n) is 3.72. The average molecular weight is 258 g/mol. The molecule has 1 N–H and O–H groups in total. The van der Waals surface area contributed by atoms with Crippen LogP contribution in [0.1, 0.15) is 5.56 Å². The summed E-state index contributed by atoms with van der Waals surface area (Å²) in [4.78, 5) is 0.908. The van der Waals surface area contributed by atoms with Crippen LogP contribution >= 0.6 is 27.7 Å². The molecule has 0 atom stereocenters. The Kier molecular flexibility index (Phi) is 4.29. The van der Waals surface area contributed by atoms with E-state index in [1.807, 2.05) is 18.2 Å². The fourth-order valence-corrected chi connectivity index (χ4v) is 2.26. The normalized spacial score (nSPS) is 9.62. The second kappa shape index (κ2) is 5.28. The van der Waals surface area contributed by atoms with Gasteiger partial charge in [-0.2, -0.15) is 5.26 Å². The largest absolute Gasteiger partial charge is 0.396 e. The maximum absolute atomic E-state index is 8.84. The van der Waals surface area contributed by atoms with Crippen LogP contribution in [0.25, 0.3) is 0 Å². The third-order valence-electron chi connectivity index (χ3n) is 1.44. The number of hydrogen-bond acceptors (Lipinski definition) is 3. The fraction of sp³-hybridized carbons (Fsp3) is 0.222. The van der Waals surface area contributed by atoms with Crippen molar-refractivity contribution in [3.05, 3.63) is 28.2 Å². The van der Waals surface area contributed by atoms with Crippen molar-refractivity contribution >= 4 is 27.7 Å². The average Bonchev–Trinajstić information content (AvgIpc) is 2.15. The number of nitriles is 1. The zero-order valence-corrected chi connectivity index (χ0v) is 9.23. The fourth-order valence-electron chi connectivity index (χ4n) is 0.889. The first-order chi connectivity index (χ1) is 6.29. The van der Waals surface area contributed by atoms with Gasteiger partial charge in [-0.3, -0.25) is 0 Å². The van der Waals surface area contributed by atoms with Crippen LogP contribution in [0.5, 0.6) is 0 Å². The number of thioether (sulfide) groups is 1. The van der Waals surface area contributed by atoms with E-state index in [2.05, 4.69) is 22.0 Å². The molecule has 0 saturated heterocycles. The number of hydrogen-bond donors (Lipinski definition) is 1. The Bertz CT molecular complexity index is 335. The maximum atomic E-state index is 8.84. The zero-order valence-electron chi connectivity index (χ0n) is 6.83. The minimum absolute atomic E-state index is 0.127. The molecule has 0 heterocycles. The van der Waals surface area contributed by atoms with Crippen LogP contribution in [0.4, 0.5) is 0 Å². The Balaban J connectivity index is 2.93. The smallest absolute Gasteiger partial charge is 0.101 e. The molecule has 0 radical (unpaired) electrons. The molecule has 0 aromatic heterocycles. The number of nitrogens with zero attached hydrogens (tertiary/aromatic N) is 1. The lowest BCUT2D eigenvalue weighted by Crippen LogP contribution is -1.88. The highest BCUT2D eigenvalue weighted by atomic mass is 79.9. The molecular weight excluding hydrogens is 250 g/mol. The van der Waals surface area contributed by atoms with Crippen molar-refractivity contribution in [2.75, 3.05) is 12.4 Å². The van der Waals surface area contributed by atoms with Crippen LogP contribution in [0.2, 0.25) is 0 Å². The van der Waals surface area contributed by atoms with Crippen LogP contribution in [0.15, 0.2) is 27.6 Å². The molecule has 68 valence electrons. The Morgan fingerprint density at radius 2 is 2.31 bits per heavy atom. The number of aliphatic hydroxyl groups is 1. The molecule has 4 heteroatoms. The van der Waals surface area contributed by atoms with Crippen LogP contribution in [-0.2, 0) is 0 Å². The van der Waals surface area contributed by atoms with Gasteiger partial charge in [-0.1, -0.05) is 6.07 Å². The van der Waals surface area contributed by atoms with Gasteiger partial charge in [-0.25, -0.2) is 0 Å². The van der Waals surface area contributed by atoms with Crippen LogP contribution in [0.3, 0.4) is 0 Å². The molecular formula is C9H8BrNOS. The molecule has 0 spiro atoms. The Morgan fingerprint density at radius 3 is 2.92 bits per heavy atom. The van der Waals surface area contributed by atoms with Crippen LogP contribution in [-0.4, -0.2) is 17.5 Å². The van der Waals surface area contributed by atoms with Crippen molar-refractivity contribution in [3.8, 4) is 6.07 Å². The molecule has 1 aromatic rings. The summed E-state index contributed by atoms with van der Waals surface area (Å²) in [5.41, 5.74) is 0.640. The van der Waals surface area contributed by atoms with E-state index in [1.165, 1.54) is 11.8 Å². The standard InChI is InChI=1S/C9H8BrNOS/c10-8-2-1-3-9(7(8)6-11)13-5-4-12/h1-3,12H,4-5H2. The highest BCUT2D eigenvalue weighted by Crippen LogP contribution is 2.27. The summed E-state index contributed by atoms with van der Waals surface area (Å²) < 4.78 is 0.804. The van der Waals surface area contributed by atoms with E-state index < -0.39 is 0 Å². The third kappa shape index (κ3) is 2.73. The highest BCUT2D eigenvalue weighted by molar-refractivity contribution is 9.10. The third-order valence-corrected chi connectivity index (χ3v) is 3.13. The van der Waals surface area contributed by atoms with Gasteiger partial charge in [0.05, 0.1) is 12.2 Å². The summed E-state index contributed by atoms with van der Waals surface area (Å²) in [5.74, 6) is 0.616. The highest BCUT2D eigenvalue weighted by Gasteiger charge is 2.05. The molecule has 0 aliphatic rings. The predicted octanol–water partition coefficient (Wildman–Crippen LogP) is 2.41. The monoisotopic (exact) mass is 257 g/mol. The van der Waals surface area contributed by atoms with Crippen LogP contribution < -0.4 is 0 Å². The van der Waals surface area contributed by atoms with E-state index in [0.717, 1.165) is 9.37 Å². The summed E-state index contributed by atoms with van der Waals surface area (Å²) >= 11 is 4.78. The summed E-state index contributed by atoms with van der Waals surface area (Å²) in [6, 6.07) is 7.72. The van der Waals surface area contributed by atoms with Crippen molar-refractivity contribution in [1.29, 1.82) is 5.26 Å². The van der Waals surface area contributed by atoms with E-state index in [0.29, 0.717) is 11.3 Å². The van der Waals surface area contributed by atoms with Gasteiger partial charge in [0, 0.05) is 15.1 Å².